The molecule has 1 amide bonds. The highest BCUT2D eigenvalue weighted by atomic mass is 32.1. The highest BCUT2D eigenvalue weighted by Crippen LogP contribution is 2.38. The van der Waals surface area contributed by atoms with Crippen LogP contribution in [-0.4, -0.2) is 42.1 Å². The molecule has 4 aromatic rings. The molecule has 6 rings (SSSR count). The molecular formula is C26H25N3O3S2. The van der Waals surface area contributed by atoms with Crippen LogP contribution in [0, 0.1) is 0 Å². The fourth-order valence-corrected chi connectivity index (χ4v) is 6.50. The molecule has 1 atom stereocenters. The van der Waals surface area contributed by atoms with Gasteiger partial charge in [0.2, 0.25) is 5.91 Å². The normalized spacial score (nSPS) is 17.8. The highest BCUT2D eigenvalue weighted by Gasteiger charge is 2.32. The minimum absolute atomic E-state index is 0.0816. The zero-order valence-electron chi connectivity index (χ0n) is 18.7. The van der Waals surface area contributed by atoms with Crippen molar-refractivity contribution in [2.45, 2.75) is 25.4 Å². The van der Waals surface area contributed by atoms with Crippen LogP contribution in [0.4, 0.5) is 5.69 Å². The fourth-order valence-electron chi connectivity index (χ4n) is 4.67. The van der Waals surface area contributed by atoms with Crippen LogP contribution in [0.5, 0.6) is 11.5 Å². The lowest BCUT2D eigenvalue weighted by Crippen LogP contribution is -2.40. The molecule has 0 bridgehead atoms. The first-order valence-corrected chi connectivity index (χ1v) is 13.3. The van der Waals surface area contributed by atoms with Crippen molar-refractivity contribution in [3.8, 4) is 11.5 Å². The number of carbonyl (C=O) groups excluding carboxylic acids is 1. The van der Waals surface area contributed by atoms with Crippen LogP contribution in [0.1, 0.15) is 28.8 Å². The molecule has 4 heterocycles. The average molecular weight is 492 g/mol. The molecule has 2 aliphatic heterocycles. The summed E-state index contributed by atoms with van der Waals surface area (Å²) in [6.07, 6.45) is 2.10. The van der Waals surface area contributed by atoms with Crippen LogP contribution in [0.3, 0.4) is 0 Å². The van der Waals surface area contributed by atoms with E-state index in [1.807, 2.05) is 40.6 Å². The standard InChI is InChI=1S/C26H25N3O3S2/c30-25(17-28-11-3-7-21(28)26-27-20-6-1-2-8-24(20)34-26)29(16-19-5-4-14-33-19)18-9-10-22-23(15-18)32-13-12-31-22/h1-2,4-6,8-10,14-15,21H,3,7,11-13,16-17H2/t21-/m1/s1. The maximum absolute atomic E-state index is 13.7. The van der Waals surface area contributed by atoms with Crippen LogP contribution in [0.25, 0.3) is 10.2 Å². The lowest BCUT2D eigenvalue weighted by Gasteiger charge is -2.28. The number of para-hydroxylation sites is 1. The summed E-state index contributed by atoms with van der Waals surface area (Å²) in [5.41, 5.74) is 1.87. The molecule has 0 spiro atoms. The molecule has 2 aliphatic rings. The van der Waals surface area contributed by atoms with E-state index in [2.05, 4.69) is 29.2 Å². The first kappa shape index (κ1) is 21.6. The number of aromatic nitrogens is 1. The number of carbonyl (C=O) groups is 1. The Hall–Kier alpha value is -2.94. The first-order valence-electron chi connectivity index (χ1n) is 11.6. The van der Waals surface area contributed by atoms with Gasteiger partial charge in [-0.1, -0.05) is 18.2 Å². The third-order valence-electron chi connectivity index (χ3n) is 6.33. The molecule has 0 saturated carbocycles. The summed E-state index contributed by atoms with van der Waals surface area (Å²) in [6, 6.07) is 18.3. The summed E-state index contributed by atoms with van der Waals surface area (Å²) in [4.78, 5) is 23.9. The van der Waals surface area contributed by atoms with Crippen molar-refractivity contribution in [1.82, 2.24) is 9.88 Å². The summed E-state index contributed by atoms with van der Waals surface area (Å²) >= 11 is 3.41. The Morgan fingerprint density at radius 1 is 1.09 bits per heavy atom. The third kappa shape index (κ3) is 4.29. The number of thiazole rings is 1. The van der Waals surface area contributed by atoms with Crippen LogP contribution in [0.2, 0.25) is 0 Å². The molecule has 34 heavy (non-hydrogen) atoms. The van der Waals surface area contributed by atoms with Gasteiger partial charge in [0.15, 0.2) is 11.5 Å². The van der Waals surface area contributed by atoms with Crippen molar-refractivity contribution < 1.29 is 14.3 Å². The predicted octanol–water partition coefficient (Wildman–Crippen LogP) is 5.50. The van der Waals surface area contributed by atoms with Gasteiger partial charge in [-0.15, -0.1) is 22.7 Å². The van der Waals surface area contributed by atoms with Gasteiger partial charge in [-0.25, -0.2) is 4.98 Å². The molecule has 174 valence electrons. The topological polar surface area (TPSA) is 54.9 Å². The second kappa shape index (κ2) is 9.37. The van der Waals surface area contributed by atoms with Crippen molar-refractivity contribution in [2.75, 3.05) is 31.2 Å². The number of fused-ring (bicyclic) bond motifs is 2. The highest BCUT2D eigenvalue weighted by molar-refractivity contribution is 7.18. The van der Waals surface area contributed by atoms with Gasteiger partial charge in [-0.05, 0) is 55.1 Å². The second-order valence-electron chi connectivity index (χ2n) is 8.54. The molecule has 1 saturated heterocycles. The van der Waals surface area contributed by atoms with Crippen molar-refractivity contribution >= 4 is 44.5 Å². The van der Waals surface area contributed by atoms with Crippen LogP contribution in [-0.2, 0) is 11.3 Å². The van der Waals surface area contributed by atoms with Crippen molar-refractivity contribution in [1.29, 1.82) is 0 Å². The Morgan fingerprint density at radius 3 is 2.82 bits per heavy atom. The molecule has 0 N–H and O–H groups in total. The first-order chi connectivity index (χ1) is 16.7. The van der Waals surface area contributed by atoms with Gasteiger partial charge >= 0.3 is 0 Å². The second-order valence-corrected chi connectivity index (χ2v) is 10.6. The number of rotatable bonds is 6. The van der Waals surface area contributed by atoms with E-state index in [0.29, 0.717) is 32.1 Å². The molecule has 6 nitrogen and oxygen atoms in total. The number of nitrogens with zero attached hydrogens (tertiary/aromatic N) is 3. The monoisotopic (exact) mass is 491 g/mol. The zero-order valence-corrected chi connectivity index (χ0v) is 20.3. The number of benzene rings is 2. The van der Waals surface area contributed by atoms with Gasteiger partial charge in [0.05, 0.1) is 29.3 Å². The van der Waals surface area contributed by atoms with Crippen LogP contribution in [0.15, 0.2) is 60.0 Å². The molecule has 2 aromatic heterocycles. The molecule has 2 aromatic carbocycles. The lowest BCUT2D eigenvalue weighted by molar-refractivity contribution is -0.120. The fraction of sp³-hybridized carbons (Fsp3) is 0.308. The summed E-state index contributed by atoms with van der Waals surface area (Å²) in [7, 11) is 0. The molecule has 8 heteroatoms. The van der Waals surface area contributed by atoms with Gasteiger partial charge in [0.1, 0.15) is 18.2 Å². The molecule has 0 aliphatic carbocycles. The number of thiophene rings is 1. The van der Waals surface area contributed by atoms with E-state index in [1.54, 1.807) is 22.7 Å². The Labute approximate surface area is 206 Å². The van der Waals surface area contributed by atoms with E-state index in [4.69, 9.17) is 14.5 Å². The number of hydrogen-bond acceptors (Lipinski definition) is 7. The zero-order chi connectivity index (χ0) is 22.9. The predicted molar refractivity (Wildman–Crippen MR) is 136 cm³/mol. The van der Waals surface area contributed by atoms with E-state index < -0.39 is 0 Å². The van der Waals surface area contributed by atoms with Gasteiger partial charge in [-0.2, -0.15) is 0 Å². The van der Waals surface area contributed by atoms with Gasteiger partial charge in [0.25, 0.3) is 0 Å². The average Bonchev–Trinajstić information content (AvgIpc) is 3.62. The molecule has 1 fully saturated rings. The maximum atomic E-state index is 13.7. The number of ether oxygens (including phenoxy) is 2. The Balaban J connectivity index is 1.26. The summed E-state index contributed by atoms with van der Waals surface area (Å²) in [5, 5.41) is 3.15. The van der Waals surface area contributed by atoms with Gasteiger partial charge in [-0.3, -0.25) is 9.69 Å². The Kier molecular flexibility index (Phi) is 5.95. The number of anilines is 1. The minimum Gasteiger partial charge on any atom is -0.486 e. The SMILES string of the molecule is O=C(CN1CCC[C@@H]1c1nc2ccccc2s1)N(Cc1cccs1)c1ccc2c(c1)OCCO2. The summed E-state index contributed by atoms with van der Waals surface area (Å²) < 4.78 is 12.7. The van der Waals surface area contributed by atoms with Gasteiger partial charge < -0.3 is 14.4 Å². The summed E-state index contributed by atoms with van der Waals surface area (Å²) in [6.45, 7) is 2.87. The lowest BCUT2D eigenvalue weighted by atomic mass is 10.2. The van der Waals surface area contributed by atoms with Crippen molar-refractivity contribution in [3.05, 3.63) is 69.9 Å². The quantitative estimate of drug-likeness (QED) is 0.357. The number of hydrogen-bond donors (Lipinski definition) is 0. The minimum atomic E-state index is 0.0816. The Bertz CT molecular complexity index is 1270. The van der Waals surface area contributed by atoms with Crippen LogP contribution < -0.4 is 14.4 Å². The largest absolute Gasteiger partial charge is 0.486 e. The summed E-state index contributed by atoms with van der Waals surface area (Å²) in [5.74, 6) is 1.51. The third-order valence-corrected chi connectivity index (χ3v) is 8.33. The Morgan fingerprint density at radius 2 is 1.97 bits per heavy atom. The smallest absolute Gasteiger partial charge is 0.241 e. The maximum Gasteiger partial charge on any atom is 0.241 e. The van der Waals surface area contributed by atoms with Gasteiger partial charge in [0, 0.05) is 16.6 Å². The molecule has 0 unspecified atom stereocenters. The van der Waals surface area contributed by atoms with E-state index in [1.165, 1.54) is 4.70 Å². The van der Waals surface area contributed by atoms with Crippen molar-refractivity contribution in [2.24, 2.45) is 0 Å². The van der Waals surface area contributed by atoms with E-state index in [9.17, 15) is 4.79 Å². The van der Waals surface area contributed by atoms with E-state index >= 15 is 0 Å². The van der Waals surface area contributed by atoms with E-state index in [0.717, 1.165) is 46.2 Å². The number of amides is 1. The van der Waals surface area contributed by atoms with Crippen LogP contribution >= 0.6 is 22.7 Å². The van der Waals surface area contributed by atoms with E-state index in [-0.39, 0.29) is 11.9 Å². The van der Waals surface area contributed by atoms with Crippen molar-refractivity contribution in [3.63, 3.8) is 0 Å². The molecular weight excluding hydrogens is 466 g/mol. The number of likely N-dealkylation sites (tertiary alicyclic amines) is 1. The molecule has 0 radical (unpaired) electrons.